The van der Waals surface area contributed by atoms with E-state index < -0.39 is 0 Å². The Morgan fingerprint density at radius 3 is 2.76 bits per heavy atom. The first-order valence-corrected chi connectivity index (χ1v) is 15.3. The number of amides is 1. The molecule has 2 N–H and O–H groups in total. The van der Waals surface area contributed by atoms with Crippen molar-refractivity contribution < 1.29 is 4.79 Å². The number of hydrogen-bond donors (Lipinski definition) is 2. The van der Waals surface area contributed by atoms with Crippen molar-refractivity contribution in [2.24, 2.45) is 5.92 Å². The lowest BCUT2D eigenvalue weighted by Crippen LogP contribution is -2.33. The molecular weight excluding hydrogens is 546 g/mol. The molecule has 5 heterocycles. The Hall–Kier alpha value is -4.09. The van der Waals surface area contributed by atoms with Crippen LogP contribution in [0.25, 0.3) is 16.9 Å². The topological polar surface area (TPSA) is 105 Å². The number of nitrogens with zero attached hydrogens (tertiary/aromatic N) is 7. The summed E-state index contributed by atoms with van der Waals surface area (Å²) >= 11 is 1.48. The third-order valence-electron chi connectivity index (χ3n) is 7.41. The third-order valence-corrected chi connectivity index (χ3v) is 8.15. The summed E-state index contributed by atoms with van der Waals surface area (Å²) in [6.45, 7) is 12.4. The highest BCUT2D eigenvalue weighted by molar-refractivity contribution is 7.10. The number of rotatable bonds is 9. The van der Waals surface area contributed by atoms with Crippen molar-refractivity contribution in [3.8, 4) is 11.3 Å². The monoisotopic (exact) mass is 585 g/mol. The minimum atomic E-state index is 0.105. The Morgan fingerprint density at radius 1 is 1.19 bits per heavy atom. The molecule has 0 aliphatic carbocycles. The van der Waals surface area contributed by atoms with E-state index >= 15 is 0 Å². The van der Waals surface area contributed by atoms with Crippen LogP contribution in [0, 0.1) is 12.8 Å². The predicted molar refractivity (Wildman–Crippen MR) is 168 cm³/mol. The van der Waals surface area contributed by atoms with Crippen LogP contribution in [0.5, 0.6) is 0 Å². The van der Waals surface area contributed by atoms with Gasteiger partial charge in [-0.05, 0) is 69.2 Å². The van der Waals surface area contributed by atoms with E-state index in [1.54, 1.807) is 0 Å². The maximum atomic E-state index is 10.1. The van der Waals surface area contributed by atoms with Gasteiger partial charge in [0.15, 0.2) is 11.5 Å². The molecule has 10 nitrogen and oxygen atoms in total. The molecule has 2 unspecified atom stereocenters. The molecule has 1 aliphatic heterocycles. The first-order chi connectivity index (χ1) is 20.4. The van der Waals surface area contributed by atoms with Crippen molar-refractivity contribution in [3.05, 3.63) is 78.1 Å². The van der Waals surface area contributed by atoms with Crippen molar-refractivity contribution in [3.63, 3.8) is 0 Å². The Kier molecular flexibility index (Phi) is 9.60. The highest BCUT2D eigenvalue weighted by atomic mass is 32.1. The van der Waals surface area contributed by atoms with Gasteiger partial charge in [0.25, 0.3) is 0 Å². The van der Waals surface area contributed by atoms with Crippen molar-refractivity contribution in [1.82, 2.24) is 38.7 Å². The number of imidazole rings is 1. The summed E-state index contributed by atoms with van der Waals surface area (Å²) in [5.41, 5.74) is 6.00. The molecule has 11 heteroatoms. The number of nitrogens with one attached hydrogen (secondary N) is 2. The van der Waals surface area contributed by atoms with E-state index in [2.05, 4.69) is 54.3 Å². The second kappa shape index (κ2) is 13.7. The number of likely N-dealkylation sites (tertiary alicyclic amines) is 1. The van der Waals surface area contributed by atoms with Crippen LogP contribution in [0.2, 0.25) is 0 Å². The molecule has 0 radical (unpaired) electrons. The summed E-state index contributed by atoms with van der Waals surface area (Å²) in [5, 5.41) is 11.5. The van der Waals surface area contributed by atoms with E-state index in [9.17, 15) is 4.79 Å². The molecule has 1 fully saturated rings. The number of piperidine rings is 1. The fraction of sp³-hybridized carbons (Fsp3) is 0.387. The summed E-state index contributed by atoms with van der Waals surface area (Å²) in [7, 11) is 0. The summed E-state index contributed by atoms with van der Waals surface area (Å²) in [4.78, 5) is 22.0. The van der Waals surface area contributed by atoms with Gasteiger partial charge < -0.3 is 10.6 Å². The number of carbonyl (C=O) groups is 1. The van der Waals surface area contributed by atoms with Crippen molar-refractivity contribution in [2.75, 3.05) is 18.4 Å². The molecule has 4 aromatic heterocycles. The lowest BCUT2D eigenvalue weighted by Gasteiger charge is -2.30. The van der Waals surface area contributed by atoms with Gasteiger partial charge in [-0.15, -0.1) is 0 Å². The standard InChI is InChI=1S/C22H28N8S.C9H11NO/c1-4-29-13-17(9-24-29)19-10-23-22-21(25-16(3)12-30(19)22)26-20-8-18(27-31-20)14-28-7-5-6-15(2)11-28;1-8(10-7-11)9-5-3-2-4-6-9/h8-10,12-13,15H,4-7,11,14H2,1-3H3,(H,25,26);2-8H,1H3,(H,10,11). The normalized spacial score (nSPS) is 16.0. The number of aryl methyl sites for hydroxylation is 2. The van der Waals surface area contributed by atoms with Gasteiger partial charge in [0, 0.05) is 37.6 Å². The quantitative estimate of drug-likeness (QED) is 0.209. The van der Waals surface area contributed by atoms with Crippen LogP contribution in [-0.2, 0) is 17.9 Å². The molecule has 42 heavy (non-hydrogen) atoms. The van der Waals surface area contributed by atoms with Gasteiger partial charge in [0.05, 0.1) is 35.5 Å². The molecule has 220 valence electrons. The number of hydrogen-bond acceptors (Lipinski definition) is 8. The van der Waals surface area contributed by atoms with Gasteiger partial charge in [-0.1, -0.05) is 37.3 Å². The van der Waals surface area contributed by atoms with Crippen molar-refractivity contribution >= 4 is 34.4 Å². The van der Waals surface area contributed by atoms with E-state index in [1.807, 2.05) is 73.6 Å². The molecule has 2 atom stereocenters. The Labute approximate surface area is 251 Å². The second-order valence-corrected chi connectivity index (χ2v) is 11.7. The highest BCUT2D eigenvalue weighted by Gasteiger charge is 2.18. The molecule has 6 rings (SSSR count). The maximum Gasteiger partial charge on any atom is 0.207 e. The molecule has 1 aliphatic rings. The average molecular weight is 586 g/mol. The maximum absolute atomic E-state index is 10.1. The number of aromatic nitrogens is 6. The van der Waals surface area contributed by atoms with Gasteiger partial charge in [0.2, 0.25) is 6.41 Å². The van der Waals surface area contributed by atoms with Gasteiger partial charge in [-0.25, -0.2) is 9.97 Å². The van der Waals surface area contributed by atoms with Crippen LogP contribution in [0.1, 0.15) is 56.6 Å². The lowest BCUT2D eigenvalue weighted by molar-refractivity contribution is -0.110. The molecule has 0 saturated carbocycles. The fourth-order valence-corrected chi connectivity index (χ4v) is 5.89. The number of carbonyl (C=O) groups excluding carboxylic acids is 1. The Balaban J connectivity index is 0.000000271. The highest BCUT2D eigenvalue weighted by Crippen LogP contribution is 2.28. The number of benzene rings is 1. The SMILES string of the molecule is CC(NC=O)c1ccccc1.CCn1cc(-c2cnc3c(Nc4cc(CN5CCCC(C)C5)ns4)nc(C)cn23)cn1. The van der Waals surface area contributed by atoms with Crippen LogP contribution in [-0.4, -0.2) is 52.9 Å². The van der Waals surface area contributed by atoms with E-state index in [-0.39, 0.29) is 6.04 Å². The molecule has 1 aromatic carbocycles. The molecular formula is C31H39N9OS. The summed E-state index contributed by atoms with van der Waals surface area (Å²) in [5.74, 6) is 1.52. The summed E-state index contributed by atoms with van der Waals surface area (Å²) < 4.78 is 8.67. The second-order valence-electron chi connectivity index (χ2n) is 10.9. The van der Waals surface area contributed by atoms with E-state index in [1.165, 1.54) is 24.4 Å². The summed E-state index contributed by atoms with van der Waals surface area (Å²) in [6.07, 6.45) is 11.2. The van der Waals surface area contributed by atoms with E-state index in [4.69, 9.17) is 4.98 Å². The lowest BCUT2D eigenvalue weighted by atomic mass is 10.0. The molecule has 5 aromatic rings. The average Bonchev–Trinajstić information content (AvgIpc) is 3.74. The van der Waals surface area contributed by atoms with Gasteiger partial charge in [0.1, 0.15) is 5.00 Å². The fourth-order valence-electron chi connectivity index (χ4n) is 5.24. The van der Waals surface area contributed by atoms with E-state index in [0.717, 1.165) is 83.2 Å². The predicted octanol–water partition coefficient (Wildman–Crippen LogP) is 5.85. The van der Waals surface area contributed by atoms with Crippen LogP contribution in [0.4, 0.5) is 10.8 Å². The van der Waals surface area contributed by atoms with Crippen LogP contribution < -0.4 is 10.6 Å². The Morgan fingerprint density at radius 2 is 2.02 bits per heavy atom. The van der Waals surface area contributed by atoms with Crippen LogP contribution in [0.15, 0.2) is 61.2 Å². The third kappa shape index (κ3) is 7.21. The molecule has 1 amide bonds. The molecule has 0 bridgehead atoms. The Bertz CT molecular complexity index is 1590. The van der Waals surface area contributed by atoms with Crippen LogP contribution >= 0.6 is 11.5 Å². The van der Waals surface area contributed by atoms with Crippen molar-refractivity contribution in [2.45, 2.75) is 59.7 Å². The summed E-state index contributed by atoms with van der Waals surface area (Å²) in [6, 6.07) is 12.1. The minimum absolute atomic E-state index is 0.105. The first-order valence-electron chi connectivity index (χ1n) is 14.5. The minimum Gasteiger partial charge on any atom is -0.352 e. The molecule has 0 spiro atoms. The van der Waals surface area contributed by atoms with Crippen LogP contribution in [0.3, 0.4) is 0 Å². The smallest absolute Gasteiger partial charge is 0.207 e. The molecule has 1 saturated heterocycles. The number of fused-ring (bicyclic) bond motifs is 1. The van der Waals surface area contributed by atoms with Gasteiger partial charge >= 0.3 is 0 Å². The number of anilines is 2. The zero-order valence-electron chi connectivity index (χ0n) is 24.7. The largest absolute Gasteiger partial charge is 0.352 e. The first kappa shape index (κ1) is 29.4. The van der Waals surface area contributed by atoms with Gasteiger partial charge in [-0.3, -0.25) is 18.8 Å². The van der Waals surface area contributed by atoms with Crippen molar-refractivity contribution in [1.29, 1.82) is 0 Å². The zero-order valence-corrected chi connectivity index (χ0v) is 25.5. The zero-order chi connectivity index (χ0) is 29.5. The van der Waals surface area contributed by atoms with E-state index in [0.29, 0.717) is 0 Å². The van der Waals surface area contributed by atoms with Gasteiger partial charge in [-0.2, -0.15) is 9.47 Å².